The number of fused-ring (bicyclic) bond motifs is 1. The lowest BCUT2D eigenvalue weighted by Crippen LogP contribution is -2.46. The Balaban J connectivity index is 1.79. The first-order chi connectivity index (χ1) is 13.3. The van der Waals surface area contributed by atoms with Crippen molar-refractivity contribution >= 4 is 32.6 Å². The van der Waals surface area contributed by atoms with E-state index < -0.39 is 10.0 Å². The van der Waals surface area contributed by atoms with Crippen LogP contribution in [0.25, 0.3) is 10.8 Å². The Morgan fingerprint density at radius 2 is 1.79 bits per heavy atom. The van der Waals surface area contributed by atoms with Crippen molar-refractivity contribution in [3.05, 3.63) is 36.4 Å². The SMILES string of the molecule is CCOC(=O)N1CCC(NS(=O)(=O)c2cccc3c(N(C)C)cccc23)CC1. The summed E-state index contributed by atoms with van der Waals surface area (Å²) in [5, 5.41) is 1.60. The molecule has 1 aliphatic heterocycles. The number of piperidine rings is 1. The average Bonchev–Trinajstić information content (AvgIpc) is 2.67. The van der Waals surface area contributed by atoms with Crippen LogP contribution in [0.4, 0.5) is 10.5 Å². The lowest BCUT2D eigenvalue weighted by Gasteiger charge is -2.31. The van der Waals surface area contributed by atoms with E-state index in [1.807, 2.05) is 43.3 Å². The summed E-state index contributed by atoms with van der Waals surface area (Å²) in [7, 11) is 0.192. The highest BCUT2D eigenvalue weighted by Gasteiger charge is 2.28. The number of rotatable bonds is 5. The average molecular weight is 406 g/mol. The van der Waals surface area contributed by atoms with Crippen molar-refractivity contribution in [3.8, 4) is 0 Å². The van der Waals surface area contributed by atoms with E-state index >= 15 is 0 Å². The minimum atomic E-state index is -3.68. The van der Waals surface area contributed by atoms with Gasteiger partial charge in [0.25, 0.3) is 0 Å². The largest absolute Gasteiger partial charge is 0.450 e. The molecule has 1 N–H and O–H groups in total. The first-order valence-electron chi connectivity index (χ1n) is 9.46. The Morgan fingerprint density at radius 3 is 2.43 bits per heavy atom. The molecule has 152 valence electrons. The number of anilines is 1. The summed E-state index contributed by atoms with van der Waals surface area (Å²) in [6.45, 7) is 3.06. The van der Waals surface area contributed by atoms with Crippen LogP contribution in [0, 0.1) is 0 Å². The van der Waals surface area contributed by atoms with Crippen molar-refractivity contribution in [2.24, 2.45) is 0 Å². The number of carbonyl (C=O) groups is 1. The maximum absolute atomic E-state index is 13.1. The van der Waals surface area contributed by atoms with Gasteiger partial charge < -0.3 is 14.5 Å². The molecule has 0 aliphatic carbocycles. The van der Waals surface area contributed by atoms with E-state index in [1.54, 1.807) is 24.0 Å². The van der Waals surface area contributed by atoms with Gasteiger partial charge in [-0.05, 0) is 31.9 Å². The molecule has 1 fully saturated rings. The second kappa shape index (κ2) is 8.36. The van der Waals surface area contributed by atoms with E-state index in [1.165, 1.54) is 0 Å². The van der Waals surface area contributed by atoms with Gasteiger partial charge in [0.15, 0.2) is 0 Å². The molecule has 2 aromatic carbocycles. The summed E-state index contributed by atoms with van der Waals surface area (Å²) in [5.74, 6) is 0. The van der Waals surface area contributed by atoms with Crippen LogP contribution in [0.2, 0.25) is 0 Å². The highest BCUT2D eigenvalue weighted by atomic mass is 32.2. The molecule has 1 heterocycles. The van der Waals surface area contributed by atoms with Crippen LogP contribution in [0.5, 0.6) is 0 Å². The summed E-state index contributed by atoms with van der Waals surface area (Å²) >= 11 is 0. The predicted molar refractivity (Wildman–Crippen MR) is 110 cm³/mol. The predicted octanol–water partition coefficient (Wildman–Crippen LogP) is 2.81. The highest BCUT2D eigenvalue weighted by Crippen LogP contribution is 2.30. The molecular weight excluding hydrogens is 378 g/mol. The fourth-order valence-electron chi connectivity index (χ4n) is 3.57. The number of hydrogen-bond acceptors (Lipinski definition) is 5. The molecule has 1 saturated heterocycles. The van der Waals surface area contributed by atoms with E-state index in [2.05, 4.69) is 4.72 Å². The van der Waals surface area contributed by atoms with Gasteiger partial charge in [0.05, 0.1) is 11.5 Å². The molecule has 0 atom stereocenters. The standard InChI is InChI=1S/C20H27N3O4S/c1-4-27-20(24)23-13-11-15(12-14-23)21-28(25,26)19-10-6-7-16-17(19)8-5-9-18(16)22(2)3/h5-10,15,21H,4,11-14H2,1-3H3. The number of ether oxygens (including phenoxy) is 1. The molecule has 3 rings (SSSR count). The summed E-state index contributed by atoms with van der Waals surface area (Å²) < 4.78 is 34.0. The van der Waals surface area contributed by atoms with Crippen LogP contribution in [-0.2, 0) is 14.8 Å². The summed E-state index contributed by atoms with van der Waals surface area (Å²) in [6, 6.07) is 10.8. The van der Waals surface area contributed by atoms with Crippen molar-refractivity contribution in [1.29, 1.82) is 0 Å². The number of nitrogens with one attached hydrogen (secondary N) is 1. The van der Waals surface area contributed by atoms with E-state index in [-0.39, 0.29) is 17.0 Å². The number of sulfonamides is 1. The molecule has 0 bridgehead atoms. The fourth-order valence-corrected chi connectivity index (χ4v) is 5.09. The second-order valence-corrected chi connectivity index (χ2v) is 8.79. The topological polar surface area (TPSA) is 79.0 Å². The van der Waals surface area contributed by atoms with Gasteiger partial charge in [-0.15, -0.1) is 0 Å². The van der Waals surface area contributed by atoms with Crippen LogP contribution in [0.1, 0.15) is 19.8 Å². The third-order valence-electron chi connectivity index (χ3n) is 4.97. The van der Waals surface area contributed by atoms with Gasteiger partial charge >= 0.3 is 6.09 Å². The molecule has 7 nitrogen and oxygen atoms in total. The van der Waals surface area contributed by atoms with E-state index in [9.17, 15) is 13.2 Å². The van der Waals surface area contributed by atoms with Crippen LogP contribution in [0.15, 0.2) is 41.3 Å². The molecule has 2 aromatic rings. The van der Waals surface area contributed by atoms with E-state index in [4.69, 9.17) is 4.74 Å². The number of carbonyl (C=O) groups excluding carboxylic acids is 1. The maximum atomic E-state index is 13.1. The van der Waals surface area contributed by atoms with Crippen molar-refractivity contribution in [2.45, 2.75) is 30.7 Å². The smallest absolute Gasteiger partial charge is 0.409 e. The van der Waals surface area contributed by atoms with Crippen LogP contribution in [-0.4, -0.2) is 59.2 Å². The van der Waals surface area contributed by atoms with Gasteiger partial charge in [-0.1, -0.05) is 24.3 Å². The fraction of sp³-hybridized carbons (Fsp3) is 0.450. The number of benzene rings is 2. The minimum Gasteiger partial charge on any atom is -0.450 e. The van der Waals surface area contributed by atoms with Gasteiger partial charge in [-0.2, -0.15) is 0 Å². The molecule has 0 aromatic heterocycles. The first-order valence-corrected chi connectivity index (χ1v) is 10.9. The molecule has 1 aliphatic rings. The molecule has 0 spiro atoms. The Labute approximate surface area is 166 Å². The normalized spacial score (nSPS) is 15.6. The lowest BCUT2D eigenvalue weighted by atomic mass is 10.1. The zero-order chi connectivity index (χ0) is 20.3. The lowest BCUT2D eigenvalue weighted by molar-refractivity contribution is 0.0966. The molecule has 0 saturated carbocycles. The molecule has 8 heteroatoms. The Morgan fingerprint density at radius 1 is 1.14 bits per heavy atom. The summed E-state index contributed by atoms with van der Waals surface area (Å²) in [4.78, 5) is 15.7. The van der Waals surface area contributed by atoms with E-state index in [0.717, 1.165) is 11.1 Å². The number of amides is 1. The first kappa shape index (κ1) is 20.4. The summed E-state index contributed by atoms with van der Waals surface area (Å²) in [6.07, 6.45) is 0.784. The Hall–Kier alpha value is -2.32. The zero-order valence-corrected chi connectivity index (χ0v) is 17.3. The summed E-state index contributed by atoms with van der Waals surface area (Å²) in [5.41, 5.74) is 0.970. The van der Waals surface area contributed by atoms with Gasteiger partial charge in [0.2, 0.25) is 10.0 Å². The third-order valence-corrected chi connectivity index (χ3v) is 6.55. The Kier molecular flexibility index (Phi) is 6.10. The zero-order valence-electron chi connectivity index (χ0n) is 16.5. The molecule has 28 heavy (non-hydrogen) atoms. The van der Waals surface area contributed by atoms with Gasteiger partial charge in [-0.3, -0.25) is 0 Å². The number of likely N-dealkylation sites (tertiary alicyclic amines) is 1. The molecule has 1 amide bonds. The van der Waals surface area contributed by atoms with Gasteiger partial charge in [0.1, 0.15) is 0 Å². The number of hydrogen-bond donors (Lipinski definition) is 1. The third kappa shape index (κ3) is 4.23. The maximum Gasteiger partial charge on any atom is 0.409 e. The van der Waals surface area contributed by atoms with Gasteiger partial charge in [0, 0.05) is 49.7 Å². The van der Waals surface area contributed by atoms with Crippen molar-refractivity contribution < 1.29 is 17.9 Å². The van der Waals surface area contributed by atoms with Crippen molar-refractivity contribution in [1.82, 2.24) is 9.62 Å². The molecular formula is C20H27N3O4S. The monoisotopic (exact) mass is 405 g/mol. The second-order valence-electron chi connectivity index (χ2n) is 7.10. The molecule has 0 radical (unpaired) electrons. The quantitative estimate of drug-likeness (QED) is 0.828. The van der Waals surface area contributed by atoms with Gasteiger partial charge in [-0.25, -0.2) is 17.9 Å². The van der Waals surface area contributed by atoms with E-state index in [0.29, 0.717) is 37.9 Å². The van der Waals surface area contributed by atoms with Crippen LogP contribution >= 0.6 is 0 Å². The molecule has 0 unspecified atom stereocenters. The van der Waals surface area contributed by atoms with Crippen LogP contribution in [0.3, 0.4) is 0 Å². The highest BCUT2D eigenvalue weighted by molar-refractivity contribution is 7.89. The number of nitrogens with zero attached hydrogens (tertiary/aromatic N) is 2. The van der Waals surface area contributed by atoms with Crippen molar-refractivity contribution in [2.75, 3.05) is 38.7 Å². The Bertz CT molecular complexity index is 951. The van der Waals surface area contributed by atoms with Crippen molar-refractivity contribution in [3.63, 3.8) is 0 Å². The van der Waals surface area contributed by atoms with Crippen LogP contribution < -0.4 is 9.62 Å². The minimum absolute atomic E-state index is 0.206.